The Hall–Kier alpha value is -1.62. The molecule has 1 fully saturated rings. The Morgan fingerprint density at radius 2 is 2.11 bits per heavy atom. The molecule has 0 aliphatic heterocycles. The standard InChI is InChI=1S/C14H21N3O2/c1-17(2)13-8-7-10(9-15-13)14(19)16-11-5-3-4-6-12(11)18/h7-9,11-12,18H,3-6H2,1-2H3,(H,16,19)/t11-,12-/m1/s1. The maximum Gasteiger partial charge on any atom is 0.253 e. The van der Waals surface area contributed by atoms with Crippen LogP contribution in [0.25, 0.3) is 0 Å². The number of aliphatic hydroxyl groups excluding tert-OH is 1. The molecule has 1 aromatic rings. The van der Waals surface area contributed by atoms with Gasteiger partial charge >= 0.3 is 0 Å². The number of aliphatic hydroxyl groups is 1. The van der Waals surface area contributed by atoms with E-state index in [0.717, 1.165) is 31.5 Å². The number of carbonyl (C=O) groups is 1. The third-order valence-corrected chi connectivity index (χ3v) is 3.51. The van der Waals surface area contributed by atoms with Crippen molar-refractivity contribution < 1.29 is 9.90 Å². The first kappa shape index (κ1) is 13.8. The second-order valence-electron chi connectivity index (χ2n) is 5.23. The van der Waals surface area contributed by atoms with Crippen LogP contribution in [0.4, 0.5) is 5.82 Å². The molecule has 1 saturated carbocycles. The molecular formula is C14H21N3O2. The van der Waals surface area contributed by atoms with E-state index >= 15 is 0 Å². The number of hydrogen-bond acceptors (Lipinski definition) is 4. The summed E-state index contributed by atoms with van der Waals surface area (Å²) in [6.07, 6.45) is 4.84. The van der Waals surface area contributed by atoms with E-state index in [9.17, 15) is 9.90 Å². The minimum absolute atomic E-state index is 0.130. The summed E-state index contributed by atoms with van der Waals surface area (Å²) < 4.78 is 0. The Morgan fingerprint density at radius 1 is 1.37 bits per heavy atom. The zero-order valence-electron chi connectivity index (χ0n) is 11.5. The first-order valence-electron chi connectivity index (χ1n) is 6.70. The van der Waals surface area contributed by atoms with Gasteiger partial charge in [0.1, 0.15) is 5.82 Å². The van der Waals surface area contributed by atoms with Crippen LogP contribution in [0.1, 0.15) is 36.0 Å². The van der Waals surface area contributed by atoms with Gasteiger partial charge in [-0.15, -0.1) is 0 Å². The fourth-order valence-electron chi connectivity index (χ4n) is 2.32. The van der Waals surface area contributed by atoms with Crippen LogP contribution in [-0.2, 0) is 0 Å². The second kappa shape index (κ2) is 6.02. The van der Waals surface area contributed by atoms with Gasteiger partial charge in [-0.1, -0.05) is 12.8 Å². The van der Waals surface area contributed by atoms with Crippen molar-refractivity contribution in [2.24, 2.45) is 0 Å². The summed E-state index contributed by atoms with van der Waals surface area (Å²) in [6, 6.07) is 3.44. The molecule has 0 aromatic carbocycles. The number of hydrogen-bond donors (Lipinski definition) is 2. The van der Waals surface area contributed by atoms with E-state index in [2.05, 4.69) is 10.3 Å². The predicted octanol–water partition coefficient (Wildman–Crippen LogP) is 1.18. The van der Waals surface area contributed by atoms with Gasteiger partial charge in [-0.05, 0) is 25.0 Å². The average Bonchev–Trinajstić information content (AvgIpc) is 2.41. The molecule has 1 aliphatic carbocycles. The predicted molar refractivity (Wildman–Crippen MR) is 74.3 cm³/mol. The summed E-state index contributed by atoms with van der Waals surface area (Å²) in [7, 11) is 3.81. The quantitative estimate of drug-likeness (QED) is 0.859. The fourth-order valence-corrected chi connectivity index (χ4v) is 2.32. The number of nitrogens with zero attached hydrogens (tertiary/aromatic N) is 2. The molecule has 1 aromatic heterocycles. The van der Waals surface area contributed by atoms with Crippen LogP contribution >= 0.6 is 0 Å². The number of aromatic nitrogens is 1. The van der Waals surface area contributed by atoms with E-state index in [1.807, 2.05) is 25.1 Å². The molecule has 0 saturated heterocycles. The van der Waals surface area contributed by atoms with Gasteiger partial charge in [-0.2, -0.15) is 0 Å². The summed E-state index contributed by atoms with van der Waals surface area (Å²) in [4.78, 5) is 18.2. The molecule has 19 heavy (non-hydrogen) atoms. The van der Waals surface area contributed by atoms with E-state index < -0.39 is 6.10 Å². The lowest BCUT2D eigenvalue weighted by atomic mass is 9.92. The highest BCUT2D eigenvalue weighted by molar-refractivity contribution is 5.94. The lowest BCUT2D eigenvalue weighted by Gasteiger charge is -2.28. The molecule has 0 unspecified atom stereocenters. The molecule has 1 amide bonds. The minimum atomic E-state index is -0.424. The van der Waals surface area contributed by atoms with Crippen molar-refractivity contribution in [3.8, 4) is 0 Å². The van der Waals surface area contributed by atoms with Gasteiger partial charge in [0, 0.05) is 20.3 Å². The third kappa shape index (κ3) is 3.44. The lowest BCUT2D eigenvalue weighted by molar-refractivity contribution is 0.0717. The van der Waals surface area contributed by atoms with Gasteiger partial charge in [-0.25, -0.2) is 4.98 Å². The van der Waals surface area contributed by atoms with Gasteiger partial charge in [0.25, 0.3) is 5.91 Å². The van der Waals surface area contributed by atoms with Crippen LogP contribution in [0.3, 0.4) is 0 Å². The first-order chi connectivity index (χ1) is 9.08. The molecule has 0 bridgehead atoms. The molecule has 104 valence electrons. The van der Waals surface area contributed by atoms with E-state index in [4.69, 9.17) is 0 Å². The molecule has 2 atom stereocenters. The smallest absolute Gasteiger partial charge is 0.253 e. The van der Waals surface area contributed by atoms with E-state index in [0.29, 0.717) is 5.56 Å². The number of nitrogens with one attached hydrogen (secondary N) is 1. The number of anilines is 1. The Bertz CT molecular complexity index is 431. The Labute approximate surface area is 113 Å². The van der Waals surface area contributed by atoms with E-state index in [1.54, 1.807) is 12.3 Å². The van der Waals surface area contributed by atoms with Crippen molar-refractivity contribution in [2.75, 3.05) is 19.0 Å². The maximum atomic E-state index is 12.1. The topological polar surface area (TPSA) is 65.5 Å². The summed E-state index contributed by atoms with van der Waals surface area (Å²) in [5.41, 5.74) is 0.531. The molecule has 2 rings (SSSR count). The molecule has 0 radical (unpaired) electrons. The normalized spacial score (nSPS) is 22.9. The largest absolute Gasteiger partial charge is 0.391 e. The molecule has 0 spiro atoms. The van der Waals surface area contributed by atoms with Crippen LogP contribution in [-0.4, -0.2) is 42.2 Å². The first-order valence-corrected chi connectivity index (χ1v) is 6.70. The lowest BCUT2D eigenvalue weighted by Crippen LogP contribution is -2.45. The summed E-state index contributed by atoms with van der Waals surface area (Å²) in [5.74, 6) is 0.651. The van der Waals surface area contributed by atoms with Crippen molar-refractivity contribution in [3.63, 3.8) is 0 Å². The summed E-state index contributed by atoms with van der Waals surface area (Å²) in [5, 5.41) is 12.7. The van der Waals surface area contributed by atoms with Gasteiger partial charge in [-0.3, -0.25) is 4.79 Å². The molecule has 2 N–H and O–H groups in total. The van der Waals surface area contributed by atoms with Crippen molar-refractivity contribution in [3.05, 3.63) is 23.9 Å². The SMILES string of the molecule is CN(C)c1ccc(C(=O)N[C@@H]2CCCC[C@H]2O)cn1. The Balaban J connectivity index is 1.99. The molecule has 1 aliphatic rings. The van der Waals surface area contributed by atoms with Crippen LogP contribution in [0, 0.1) is 0 Å². The van der Waals surface area contributed by atoms with Crippen molar-refractivity contribution >= 4 is 11.7 Å². The number of carbonyl (C=O) groups excluding carboxylic acids is 1. The van der Waals surface area contributed by atoms with Crippen LogP contribution < -0.4 is 10.2 Å². The fraction of sp³-hybridized carbons (Fsp3) is 0.571. The van der Waals surface area contributed by atoms with Gasteiger partial charge in [0.05, 0.1) is 17.7 Å². The molecule has 1 heterocycles. The van der Waals surface area contributed by atoms with Gasteiger partial charge in [0.2, 0.25) is 0 Å². The van der Waals surface area contributed by atoms with Crippen LogP contribution in [0.15, 0.2) is 18.3 Å². The van der Waals surface area contributed by atoms with Crippen LogP contribution in [0.5, 0.6) is 0 Å². The molecule has 5 heteroatoms. The number of rotatable bonds is 3. The van der Waals surface area contributed by atoms with E-state index in [1.165, 1.54) is 0 Å². The zero-order valence-corrected chi connectivity index (χ0v) is 11.5. The minimum Gasteiger partial charge on any atom is -0.391 e. The zero-order chi connectivity index (χ0) is 13.8. The highest BCUT2D eigenvalue weighted by Crippen LogP contribution is 2.18. The van der Waals surface area contributed by atoms with Crippen molar-refractivity contribution in [2.45, 2.75) is 37.8 Å². The van der Waals surface area contributed by atoms with Crippen LogP contribution in [0.2, 0.25) is 0 Å². The van der Waals surface area contributed by atoms with E-state index in [-0.39, 0.29) is 11.9 Å². The van der Waals surface area contributed by atoms with Gasteiger partial charge < -0.3 is 15.3 Å². The molecule has 5 nitrogen and oxygen atoms in total. The summed E-state index contributed by atoms with van der Waals surface area (Å²) in [6.45, 7) is 0. The van der Waals surface area contributed by atoms with Crippen molar-refractivity contribution in [1.82, 2.24) is 10.3 Å². The monoisotopic (exact) mass is 263 g/mol. The maximum absolute atomic E-state index is 12.1. The summed E-state index contributed by atoms with van der Waals surface area (Å²) >= 11 is 0. The second-order valence-corrected chi connectivity index (χ2v) is 5.23. The van der Waals surface area contributed by atoms with Crippen molar-refractivity contribution in [1.29, 1.82) is 0 Å². The highest BCUT2D eigenvalue weighted by atomic mass is 16.3. The number of pyridine rings is 1. The Kier molecular flexibility index (Phi) is 4.37. The highest BCUT2D eigenvalue weighted by Gasteiger charge is 2.24. The average molecular weight is 263 g/mol. The molecular weight excluding hydrogens is 242 g/mol. The number of amides is 1. The van der Waals surface area contributed by atoms with Gasteiger partial charge in [0.15, 0.2) is 0 Å². The third-order valence-electron chi connectivity index (χ3n) is 3.51. The Morgan fingerprint density at radius 3 is 2.68 bits per heavy atom.